The minimum atomic E-state index is -0.0808. The fraction of sp³-hybridized carbons (Fsp3) is 0.667. The number of aliphatic hydroxyl groups is 1. The Kier molecular flexibility index (Phi) is 4.81. The summed E-state index contributed by atoms with van der Waals surface area (Å²) in [5.41, 5.74) is 2.72. The molecule has 0 saturated heterocycles. The Morgan fingerprint density at radius 2 is 2.29 bits per heavy atom. The van der Waals surface area contributed by atoms with Gasteiger partial charge in [-0.25, -0.2) is 0 Å². The molecular weight excluding hydrogens is 262 g/mol. The van der Waals surface area contributed by atoms with E-state index >= 15 is 0 Å². The Morgan fingerprint density at radius 1 is 1.38 bits per heavy atom. The van der Waals surface area contributed by atoms with Gasteiger partial charge in [-0.05, 0) is 55.3 Å². The van der Waals surface area contributed by atoms with Crippen LogP contribution in [0, 0.1) is 5.92 Å². The molecule has 2 N–H and O–H groups in total. The van der Waals surface area contributed by atoms with E-state index in [0.717, 1.165) is 44.6 Å². The van der Waals surface area contributed by atoms with Crippen molar-refractivity contribution in [3.8, 4) is 5.75 Å². The Balaban J connectivity index is 1.59. The zero-order valence-corrected chi connectivity index (χ0v) is 13.0. The van der Waals surface area contributed by atoms with Crippen molar-refractivity contribution in [1.82, 2.24) is 5.32 Å². The quantitative estimate of drug-likeness (QED) is 0.874. The largest absolute Gasteiger partial charge is 0.493 e. The molecule has 0 spiro atoms. The number of fused-ring (bicyclic) bond motifs is 1. The first kappa shape index (κ1) is 14.9. The van der Waals surface area contributed by atoms with Crippen LogP contribution < -0.4 is 10.1 Å². The molecule has 0 amide bonds. The Bertz CT molecular complexity index is 474. The highest BCUT2D eigenvalue weighted by Crippen LogP contribution is 2.30. The molecule has 3 nitrogen and oxygen atoms in total. The van der Waals surface area contributed by atoms with Crippen molar-refractivity contribution in [2.45, 2.75) is 57.6 Å². The maximum absolute atomic E-state index is 9.78. The summed E-state index contributed by atoms with van der Waals surface area (Å²) < 4.78 is 5.59. The molecule has 3 heteroatoms. The van der Waals surface area contributed by atoms with E-state index in [4.69, 9.17) is 4.74 Å². The van der Waals surface area contributed by atoms with Gasteiger partial charge in [0.25, 0.3) is 0 Å². The van der Waals surface area contributed by atoms with Crippen LogP contribution in [0.15, 0.2) is 18.2 Å². The van der Waals surface area contributed by atoms with Gasteiger partial charge >= 0.3 is 0 Å². The molecule has 1 fully saturated rings. The molecule has 1 saturated carbocycles. The van der Waals surface area contributed by atoms with Gasteiger partial charge < -0.3 is 15.2 Å². The molecule has 0 radical (unpaired) electrons. The highest BCUT2D eigenvalue weighted by atomic mass is 16.5. The number of hydrogen-bond acceptors (Lipinski definition) is 3. The average molecular weight is 289 g/mol. The lowest BCUT2D eigenvalue weighted by molar-refractivity contribution is 0.0995. The maximum atomic E-state index is 9.78. The van der Waals surface area contributed by atoms with E-state index in [9.17, 15) is 5.11 Å². The van der Waals surface area contributed by atoms with Crippen molar-refractivity contribution < 1.29 is 9.84 Å². The summed E-state index contributed by atoms with van der Waals surface area (Å²) in [4.78, 5) is 0. The molecule has 1 aliphatic heterocycles. The van der Waals surface area contributed by atoms with Gasteiger partial charge in [0.1, 0.15) is 5.75 Å². The third kappa shape index (κ3) is 3.58. The molecule has 0 bridgehead atoms. The fourth-order valence-corrected chi connectivity index (χ4v) is 3.68. The second-order valence-electron chi connectivity index (χ2n) is 6.52. The number of hydrogen-bond donors (Lipinski definition) is 2. The van der Waals surface area contributed by atoms with Gasteiger partial charge in [-0.3, -0.25) is 0 Å². The van der Waals surface area contributed by atoms with Crippen molar-refractivity contribution in [2.75, 3.05) is 13.2 Å². The first-order chi connectivity index (χ1) is 10.3. The van der Waals surface area contributed by atoms with E-state index in [1.54, 1.807) is 0 Å². The molecule has 0 aromatic heterocycles. The first-order valence-electron chi connectivity index (χ1n) is 8.43. The lowest BCUT2D eigenvalue weighted by atomic mass is 9.87. The highest BCUT2D eigenvalue weighted by Gasteiger charge is 2.21. The SMILES string of the molecule is CCC(NCC1CCCC(O)C1)c1ccc2c(c1)CCO2. The van der Waals surface area contributed by atoms with Crippen molar-refractivity contribution in [2.24, 2.45) is 5.92 Å². The third-order valence-corrected chi connectivity index (χ3v) is 4.93. The first-order valence-corrected chi connectivity index (χ1v) is 8.43. The lowest BCUT2D eigenvalue weighted by Crippen LogP contribution is -2.31. The van der Waals surface area contributed by atoms with Crippen LogP contribution in [0.1, 0.15) is 56.2 Å². The molecule has 21 heavy (non-hydrogen) atoms. The minimum Gasteiger partial charge on any atom is -0.493 e. The van der Waals surface area contributed by atoms with Crippen LogP contribution in [0.4, 0.5) is 0 Å². The van der Waals surface area contributed by atoms with E-state index in [2.05, 4.69) is 30.4 Å². The maximum Gasteiger partial charge on any atom is 0.122 e. The summed E-state index contributed by atoms with van der Waals surface area (Å²) in [6.45, 7) is 4.07. The molecular formula is C18H27NO2. The fourth-order valence-electron chi connectivity index (χ4n) is 3.68. The molecule has 3 atom stereocenters. The van der Waals surface area contributed by atoms with Gasteiger partial charge in [0.15, 0.2) is 0 Å². The Labute approximate surface area is 127 Å². The number of rotatable bonds is 5. The van der Waals surface area contributed by atoms with Crippen LogP contribution in [-0.2, 0) is 6.42 Å². The van der Waals surface area contributed by atoms with Gasteiger partial charge in [-0.1, -0.05) is 25.5 Å². The van der Waals surface area contributed by atoms with Crippen LogP contribution in [0.3, 0.4) is 0 Å². The van der Waals surface area contributed by atoms with Crippen LogP contribution in [0.25, 0.3) is 0 Å². The monoisotopic (exact) mass is 289 g/mol. The average Bonchev–Trinajstić information content (AvgIpc) is 2.95. The van der Waals surface area contributed by atoms with E-state index < -0.39 is 0 Å². The summed E-state index contributed by atoms with van der Waals surface area (Å²) in [7, 11) is 0. The zero-order chi connectivity index (χ0) is 14.7. The summed E-state index contributed by atoms with van der Waals surface area (Å²) in [6.07, 6.45) is 6.41. The minimum absolute atomic E-state index is 0.0808. The molecule has 3 unspecified atom stereocenters. The van der Waals surface area contributed by atoms with E-state index in [1.807, 2.05) is 0 Å². The predicted octanol–water partition coefficient (Wildman–Crippen LogP) is 3.21. The number of benzene rings is 1. The van der Waals surface area contributed by atoms with Crippen molar-refractivity contribution in [3.05, 3.63) is 29.3 Å². The number of aliphatic hydroxyl groups excluding tert-OH is 1. The number of ether oxygens (including phenoxy) is 1. The zero-order valence-electron chi connectivity index (χ0n) is 13.0. The standard InChI is InChI=1S/C18H27NO2/c1-2-17(19-12-13-4-3-5-16(20)10-13)14-6-7-18-15(11-14)8-9-21-18/h6-7,11,13,16-17,19-20H,2-5,8-10,12H2,1H3. The van der Waals surface area contributed by atoms with Crippen LogP contribution in [0.2, 0.25) is 0 Å². The Morgan fingerprint density at radius 3 is 3.10 bits per heavy atom. The third-order valence-electron chi connectivity index (χ3n) is 4.93. The summed E-state index contributed by atoms with van der Waals surface area (Å²) >= 11 is 0. The Hall–Kier alpha value is -1.06. The summed E-state index contributed by atoms with van der Waals surface area (Å²) in [5.74, 6) is 1.68. The molecule has 1 aliphatic carbocycles. The van der Waals surface area contributed by atoms with Gasteiger partial charge in [0.05, 0.1) is 12.7 Å². The van der Waals surface area contributed by atoms with Crippen molar-refractivity contribution in [1.29, 1.82) is 0 Å². The predicted molar refractivity (Wildman–Crippen MR) is 84.6 cm³/mol. The lowest BCUT2D eigenvalue weighted by Gasteiger charge is -2.28. The molecule has 1 aromatic rings. The van der Waals surface area contributed by atoms with E-state index in [-0.39, 0.29) is 6.10 Å². The second-order valence-corrected chi connectivity index (χ2v) is 6.52. The molecule has 1 heterocycles. The van der Waals surface area contributed by atoms with Crippen LogP contribution >= 0.6 is 0 Å². The topological polar surface area (TPSA) is 41.5 Å². The molecule has 2 aliphatic rings. The van der Waals surface area contributed by atoms with Gasteiger partial charge in [0, 0.05) is 12.5 Å². The van der Waals surface area contributed by atoms with E-state index in [1.165, 1.54) is 24.0 Å². The van der Waals surface area contributed by atoms with Gasteiger partial charge in [0.2, 0.25) is 0 Å². The number of nitrogens with one attached hydrogen (secondary N) is 1. The normalized spacial score (nSPS) is 26.2. The second kappa shape index (κ2) is 6.80. The molecule has 1 aromatic carbocycles. The van der Waals surface area contributed by atoms with Crippen molar-refractivity contribution >= 4 is 0 Å². The smallest absolute Gasteiger partial charge is 0.122 e. The molecule has 3 rings (SSSR count). The van der Waals surface area contributed by atoms with Crippen molar-refractivity contribution in [3.63, 3.8) is 0 Å². The van der Waals surface area contributed by atoms with E-state index in [0.29, 0.717) is 12.0 Å². The van der Waals surface area contributed by atoms with Crippen LogP contribution in [-0.4, -0.2) is 24.4 Å². The summed E-state index contributed by atoms with van der Waals surface area (Å²) in [6, 6.07) is 7.03. The summed E-state index contributed by atoms with van der Waals surface area (Å²) in [5, 5.41) is 13.5. The van der Waals surface area contributed by atoms with Crippen LogP contribution in [0.5, 0.6) is 5.75 Å². The van der Waals surface area contributed by atoms with Gasteiger partial charge in [-0.2, -0.15) is 0 Å². The highest BCUT2D eigenvalue weighted by molar-refractivity contribution is 5.40. The molecule has 116 valence electrons. The van der Waals surface area contributed by atoms with Gasteiger partial charge in [-0.15, -0.1) is 0 Å².